The third-order valence-electron chi connectivity index (χ3n) is 4.18. The number of pyridine rings is 1. The molecule has 0 spiro atoms. The van der Waals surface area contributed by atoms with Crippen LogP contribution in [0, 0.1) is 5.92 Å². The van der Waals surface area contributed by atoms with Crippen molar-refractivity contribution >= 4 is 0 Å². The Bertz CT molecular complexity index is 579. The summed E-state index contributed by atoms with van der Waals surface area (Å²) in [7, 11) is 0. The fourth-order valence-electron chi connectivity index (χ4n) is 2.87. The lowest BCUT2D eigenvalue weighted by molar-refractivity contribution is 0.314. The van der Waals surface area contributed by atoms with Gasteiger partial charge >= 0.3 is 0 Å². The fraction of sp³-hybridized carbons (Fsp3) is 0.533. The maximum atomic E-state index is 5.83. The summed E-state index contributed by atoms with van der Waals surface area (Å²) in [6.07, 6.45) is 7.44. The second-order valence-corrected chi connectivity index (χ2v) is 5.88. The highest BCUT2D eigenvalue weighted by atomic mass is 16.4. The van der Waals surface area contributed by atoms with E-state index in [1.807, 2.05) is 12.1 Å². The van der Waals surface area contributed by atoms with Crippen LogP contribution in [0.3, 0.4) is 0 Å². The highest BCUT2D eigenvalue weighted by Crippen LogP contribution is 2.34. The summed E-state index contributed by atoms with van der Waals surface area (Å²) in [5.74, 6) is 2.70. The summed E-state index contributed by atoms with van der Waals surface area (Å²) >= 11 is 0. The molecule has 0 bridgehead atoms. The van der Waals surface area contributed by atoms with Crippen LogP contribution in [0.1, 0.15) is 31.1 Å². The smallest absolute Gasteiger partial charge is 0.249 e. The second kappa shape index (κ2) is 4.98. The fourth-order valence-corrected chi connectivity index (χ4v) is 2.87. The molecular weight excluding hydrogens is 252 g/mol. The first-order chi connectivity index (χ1) is 9.88. The van der Waals surface area contributed by atoms with E-state index in [4.69, 9.17) is 4.42 Å². The zero-order valence-corrected chi connectivity index (χ0v) is 11.4. The van der Waals surface area contributed by atoms with Crippen molar-refractivity contribution in [3.05, 3.63) is 30.4 Å². The first-order valence-electron chi connectivity index (χ1n) is 7.34. The van der Waals surface area contributed by atoms with Crippen molar-refractivity contribution in [1.29, 1.82) is 0 Å². The van der Waals surface area contributed by atoms with Gasteiger partial charge in [-0.25, -0.2) is 0 Å². The van der Waals surface area contributed by atoms with Crippen molar-refractivity contribution in [2.24, 2.45) is 5.92 Å². The van der Waals surface area contributed by atoms with Crippen molar-refractivity contribution in [2.45, 2.75) is 25.2 Å². The van der Waals surface area contributed by atoms with E-state index in [2.05, 4.69) is 20.1 Å². The minimum atomic E-state index is 0.395. The van der Waals surface area contributed by atoms with E-state index >= 15 is 0 Å². The van der Waals surface area contributed by atoms with Gasteiger partial charge in [0.05, 0.1) is 11.5 Å². The molecule has 0 amide bonds. The maximum Gasteiger partial charge on any atom is 0.249 e. The number of hydrogen-bond donors (Lipinski definition) is 0. The first kappa shape index (κ1) is 12.0. The molecule has 3 heterocycles. The first-order valence-corrected chi connectivity index (χ1v) is 7.34. The van der Waals surface area contributed by atoms with Crippen LogP contribution >= 0.6 is 0 Å². The molecule has 0 unspecified atom stereocenters. The molecule has 0 N–H and O–H groups in total. The second-order valence-electron chi connectivity index (χ2n) is 5.88. The standard InChI is InChI=1S/C15H18N4O/c1-2-12(8-16-6-1)14-17-18-15(20-14)13-5-7-19(10-13)9-11-3-4-11/h1-2,6,8,11,13H,3-5,7,9-10H2/t13-/m0/s1. The van der Waals surface area contributed by atoms with Crippen molar-refractivity contribution in [2.75, 3.05) is 19.6 Å². The van der Waals surface area contributed by atoms with Gasteiger partial charge in [-0.05, 0) is 43.9 Å². The van der Waals surface area contributed by atoms with Crippen LogP contribution < -0.4 is 0 Å². The van der Waals surface area contributed by atoms with Crippen molar-refractivity contribution in [1.82, 2.24) is 20.1 Å². The number of hydrogen-bond acceptors (Lipinski definition) is 5. The molecule has 0 radical (unpaired) electrons. The molecule has 104 valence electrons. The van der Waals surface area contributed by atoms with Gasteiger partial charge in [0.25, 0.3) is 0 Å². The Labute approximate surface area is 118 Å². The lowest BCUT2D eigenvalue weighted by atomic mass is 10.1. The average molecular weight is 270 g/mol. The molecule has 2 aliphatic rings. The van der Waals surface area contributed by atoms with Gasteiger partial charge in [0.1, 0.15) is 0 Å². The summed E-state index contributed by atoms with van der Waals surface area (Å²) < 4.78 is 5.83. The van der Waals surface area contributed by atoms with Gasteiger partial charge in [-0.2, -0.15) is 0 Å². The Kier molecular flexibility index (Phi) is 2.99. The normalized spacial score (nSPS) is 23.3. The van der Waals surface area contributed by atoms with Crippen LogP contribution in [0.25, 0.3) is 11.5 Å². The van der Waals surface area contributed by atoms with Gasteiger partial charge in [-0.3, -0.25) is 4.98 Å². The van der Waals surface area contributed by atoms with Crippen molar-refractivity contribution < 1.29 is 4.42 Å². The van der Waals surface area contributed by atoms with E-state index in [0.29, 0.717) is 11.8 Å². The average Bonchev–Trinajstić information content (AvgIpc) is 2.99. The van der Waals surface area contributed by atoms with Gasteiger partial charge in [0, 0.05) is 25.5 Å². The molecule has 2 aromatic rings. The van der Waals surface area contributed by atoms with Crippen LogP contribution in [0.2, 0.25) is 0 Å². The molecular formula is C15H18N4O. The van der Waals surface area contributed by atoms with Gasteiger partial charge in [-0.1, -0.05) is 0 Å². The number of nitrogens with zero attached hydrogens (tertiary/aromatic N) is 4. The summed E-state index contributed by atoms with van der Waals surface area (Å²) in [5, 5.41) is 8.39. The maximum absolute atomic E-state index is 5.83. The number of aromatic nitrogens is 3. The zero-order valence-electron chi connectivity index (χ0n) is 11.4. The van der Waals surface area contributed by atoms with Crippen LogP contribution in [-0.4, -0.2) is 39.7 Å². The highest BCUT2D eigenvalue weighted by molar-refractivity contribution is 5.49. The predicted molar refractivity (Wildman–Crippen MR) is 74.1 cm³/mol. The SMILES string of the molecule is c1cncc(-c2nnc([C@H]3CCN(CC4CC4)C3)o2)c1. The van der Waals surface area contributed by atoms with Crippen LogP contribution in [0.5, 0.6) is 0 Å². The van der Waals surface area contributed by atoms with E-state index in [1.165, 1.54) is 19.4 Å². The summed E-state index contributed by atoms with van der Waals surface area (Å²) in [6.45, 7) is 3.47. The largest absolute Gasteiger partial charge is 0.420 e. The topological polar surface area (TPSA) is 55.1 Å². The molecule has 5 heteroatoms. The molecule has 1 saturated heterocycles. The van der Waals surface area contributed by atoms with Gasteiger partial charge in [0.15, 0.2) is 0 Å². The Morgan fingerprint density at radius 2 is 2.20 bits per heavy atom. The Morgan fingerprint density at radius 1 is 1.25 bits per heavy atom. The lowest BCUT2D eigenvalue weighted by Gasteiger charge is -2.13. The third kappa shape index (κ3) is 2.45. The predicted octanol–water partition coefficient (Wildman–Crippen LogP) is 2.33. The van der Waals surface area contributed by atoms with Gasteiger partial charge in [-0.15, -0.1) is 10.2 Å². The Morgan fingerprint density at radius 3 is 3.00 bits per heavy atom. The molecule has 0 aromatic carbocycles. The number of rotatable bonds is 4. The molecule has 1 aliphatic carbocycles. The quantitative estimate of drug-likeness (QED) is 0.853. The van der Waals surface area contributed by atoms with E-state index < -0.39 is 0 Å². The van der Waals surface area contributed by atoms with Gasteiger partial charge < -0.3 is 9.32 Å². The van der Waals surface area contributed by atoms with E-state index in [1.54, 1.807) is 12.4 Å². The molecule has 5 nitrogen and oxygen atoms in total. The summed E-state index contributed by atoms with van der Waals surface area (Å²) in [4.78, 5) is 6.62. The van der Waals surface area contributed by atoms with E-state index in [-0.39, 0.29) is 0 Å². The molecule has 4 rings (SSSR count). The van der Waals surface area contributed by atoms with Crippen molar-refractivity contribution in [3.8, 4) is 11.5 Å². The van der Waals surface area contributed by atoms with Crippen LogP contribution in [-0.2, 0) is 0 Å². The molecule has 1 saturated carbocycles. The molecule has 2 aromatic heterocycles. The molecule has 20 heavy (non-hydrogen) atoms. The Hall–Kier alpha value is -1.75. The van der Waals surface area contributed by atoms with Crippen molar-refractivity contribution in [3.63, 3.8) is 0 Å². The highest BCUT2D eigenvalue weighted by Gasteiger charge is 2.32. The van der Waals surface area contributed by atoms with Crippen LogP contribution in [0.15, 0.2) is 28.9 Å². The minimum Gasteiger partial charge on any atom is -0.420 e. The number of likely N-dealkylation sites (tertiary alicyclic amines) is 1. The monoisotopic (exact) mass is 270 g/mol. The third-order valence-corrected chi connectivity index (χ3v) is 4.18. The molecule has 1 aliphatic heterocycles. The van der Waals surface area contributed by atoms with Gasteiger partial charge in [0.2, 0.25) is 11.8 Å². The van der Waals surface area contributed by atoms with E-state index in [0.717, 1.165) is 36.9 Å². The summed E-state index contributed by atoms with van der Waals surface area (Å²) in [6, 6.07) is 3.82. The Balaban J connectivity index is 1.45. The van der Waals surface area contributed by atoms with E-state index in [9.17, 15) is 0 Å². The minimum absolute atomic E-state index is 0.395. The molecule has 1 atom stereocenters. The molecule has 2 fully saturated rings. The lowest BCUT2D eigenvalue weighted by Crippen LogP contribution is -2.22. The zero-order chi connectivity index (χ0) is 13.4. The van der Waals surface area contributed by atoms with Crippen LogP contribution in [0.4, 0.5) is 0 Å². The summed E-state index contributed by atoms with van der Waals surface area (Å²) in [5.41, 5.74) is 0.888.